The molecule has 0 aromatic heterocycles. The maximum atomic E-state index is 13.2. The minimum Gasteiger partial charge on any atom is -0.496 e. The SMILES string of the molecule is COc1cc(F)ccc1C=Cc1cc(OC)c(OC)c(OC)c1. The highest BCUT2D eigenvalue weighted by atomic mass is 19.1. The van der Waals surface area contributed by atoms with Crippen molar-refractivity contribution in [2.24, 2.45) is 0 Å². The lowest BCUT2D eigenvalue weighted by molar-refractivity contribution is 0.324. The third-order valence-corrected chi connectivity index (χ3v) is 3.34. The smallest absolute Gasteiger partial charge is 0.203 e. The first-order valence-corrected chi connectivity index (χ1v) is 6.94. The van der Waals surface area contributed by atoms with Crippen LogP contribution < -0.4 is 18.9 Å². The first kappa shape index (κ1) is 16.7. The van der Waals surface area contributed by atoms with E-state index in [-0.39, 0.29) is 5.82 Å². The molecule has 0 amide bonds. The Morgan fingerprint density at radius 1 is 0.739 bits per heavy atom. The van der Waals surface area contributed by atoms with Crippen LogP contribution in [0.5, 0.6) is 23.0 Å². The van der Waals surface area contributed by atoms with Crippen molar-refractivity contribution in [2.45, 2.75) is 0 Å². The summed E-state index contributed by atoms with van der Waals surface area (Å²) in [5, 5.41) is 0. The summed E-state index contributed by atoms with van der Waals surface area (Å²) in [6.45, 7) is 0. The summed E-state index contributed by atoms with van der Waals surface area (Å²) < 4.78 is 34.3. The van der Waals surface area contributed by atoms with E-state index in [9.17, 15) is 4.39 Å². The molecule has 0 aliphatic rings. The summed E-state index contributed by atoms with van der Waals surface area (Å²) in [4.78, 5) is 0. The highest BCUT2D eigenvalue weighted by Gasteiger charge is 2.12. The van der Waals surface area contributed by atoms with Gasteiger partial charge in [0.25, 0.3) is 0 Å². The van der Waals surface area contributed by atoms with Crippen molar-refractivity contribution in [1.29, 1.82) is 0 Å². The number of hydrogen-bond donors (Lipinski definition) is 0. The van der Waals surface area contributed by atoms with E-state index in [0.29, 0.717) is 23.0 Å². The zero-order valence-corrected chi connectivity index (χ0v) is 13.6. The molecule has 0 fully saturated rings. The molecule has 5 heteroatoms. The van der Waals surface area contributed by atoms with Crippen LogP contribution in [-0.4, -0.2) is 28.4 Å². The fraction of sp³-hybridized carbons (Fsp3) is 0.222. The van der Waals surface area contributed by atoms with Crippen LogP contribution in [0.25, 0.3) is 12.2 Å². The van der Waals surface area contributed by atoms with Crippen LogP contribution >= 0.6 is 0 Å². The molecule has 0 spiro atoms. The van der Waals surface area contributed by atoms with E-state index in [2.05, 4.69) is 0 Å². The van der Waals surface area contributed by atoms with Gasteiger partial charge in [0.05, 0.1) is 28.4 Å². The largest absolute Gasteiger partial charge is 0.496 e. The van der Waals surface area contributed by atoms with Crippen LogP contribution in [0.2, 0.25) is 0 Å². The van der Waals surface area contributed by atoms with E-state index in [0.717, 1.165) is 11.1 Å². The van der Waals surface area contributed by atoms with Gasteiger partial charge in [-0.15, -0.1) is 0 Å². The van der Waals surface area contributed by atoms with Gasteiger partial charge in [0.2, 0.25) is 5.75 Å². The predicted molar refractivity (Wildman–Crippen MR) is 88.0 cm³/mol. The lowest BCUT2D eigenvalue weighted by Crippen LogP contribution is -1.95. The molecule has 0 heterocycles. The molecule has 0 saturated carbocycles. The van der Waals surface area contributed by atoms with E-state index in [1.165, 1.54) is 19.2 Å². The molecule has 2 aromatic carbocycles. The van der Waals surface area contributed by atoms with Crippen molar-refractivity contribution in [1.82, 2.24) is 0 Å². The van der Waals surface area contributed by atoms with E-state index in [1.807, 2.05) is 24.3 Å². The summed E-state index contributed by atoms with van der Waals surface area (Å²) in [6, 6.07) is 8.04. The first-order valence-electron chi connectivity index (χ1n) is 6.94. The monoisotopic (exact) mass is 318 g/mol. The van der Waals surface area contributed by atoms with Gasteiger partial charge in [0, 0.05) is 11.6 Å². The van der Waals surface area contributed by atoms with Gasteiger partial charge in [0.1, 0.15) is 11.6 Å². The van der Waals surface area contributed by atoms with Gasteiger partial charge in [-0.2, -0.15) is 0 Å². The molecular weight excluding hydrogens is 299 g/mol. The molecule has 0 saturated heterocycles. The second-order valence-corrected chi connectivity index (χ2v) is 4.68. The number of ether oxygens (including phenoxy) is 4. The number of halogens is 1. The summed E-state index contributed by atoms with van der Waals surface area (Å²) >= 11 is 0. The maximum Gasteiger partial charge on any atom is 0.203 e. The molecule has 0 atom stereocenters. The standard InChI is InChI=1S/C18H19FO4/c1-20-15-11-14(19)8-7-13(15)6-5-12-9-16(21-2)18(23-4)17(10-12)22-3/h5-11H,1-4H3. The van der Waals surface area contributed by atoms with Gasteiger partial charge in [-0.05, 0) is 29.8 Å². The Kier molecular flexibility index (Phi) is 5.46. The van der Waals surface area contributed by atoms with Gasteiger partial charge in [-0.25, -0.2) is 4.39 Å². The van der Waals surface area contributed by atoms with Gasteiger partial charge in [-0.1, -0.05) is 12.2 Å². The maximum absolute atomic E-state index is 13.2. The number of benzene rings is 2. The van der Waals surface area contributed by atoms with Gasteiger partial charge in [0.15, 0.2) is 11.5 Å². The fourth-order valence-electron chi connectivity index (χ4n) is 2.21. The van der Waals surface area contributed by atoms with Crippen molar-refractivity contribution in [3.05, 3.63) is 47.3 Å². The Balaban J connectivity index is 2.40. The Morgan fingerprint density at radius 2 is 1.35 bits per heavy atom. The average molecular weight is 318 g/mol. The quantitative estimate of drug-likeness (QED) is 0.754. The third-order valence-electron chi connectivity index (χ3n) is 3.34. The van der Waals surface area contributed by atoms with Crippen LogP contribution in [0.3, 0.4) is 0 Å². The summed E-state index contributed by atoms with van der Waals surface area (Å²) in [7, 11) is 6.19. The third kappa shape index (κ3) is 3.74. The van der Waals surface area contributed by atoms with Crippen LogP contribution in [0.4, 0.5) is 4.39 Å². The molecule has 2 rings (SSSR count). The predicted octanol–water partition coefficient (Wildman–Crippen LogP) is 4.03. The molecule has 0 aliphatic carbocycles. The molecule has 2 aromatic rings. The molecule has 0 N–H and O–H groups in total. The van der Waals surface area contributed by atoms with Crippen LogP contribution in [0, 0.1) is 5.82 Å². The summed E-state index contributed by atoms with van der Waals surface area (Å²) in [5.41, 5.74) is 1.62. The second kappa shape index (κ2) is 7.54. The Morgan fingerprint density at radius 3 is 1.87 bits per heavy atom. The topological polar surface area (TPSA) is 36.9 Å². The second-order valence-electron chi connectivity index (χ2n) is 4.68. The molecule has 4 nitrogen and oxygen atoms in total. The Hall–Kier alpha value is -2.69. The zero-order chi connectivity index (χ0) is 16.8. The highest BCUT2D eigenvalue weighted by Crippen LogP contribution is 2.38. The minimum atomic E-state index is -0.341. The molecule has 0 bridgehead atoms. The van der Waals surface area contributed by atoms with Crippen molar-refractivity contribution in [3.63, 3.8) is 0 Å². The molecule has 122 valence electrons. The van der Waals surface area contributed by atoms with Crippen molar-refractivity contribution in [3.8, 4) is 23.0 Å². The lowest BCUT2D eigenvalue weighted by atomic mass is 10.1. The molecule has 0 unspecified atom stereocenters. The Bertz CT molecular complexity index is 685. The molecular formula is C18H19FO4. The molecule has 23 heavy (non-hydrogen) atoms. The van der Waals surface area contributed by atoms with E-state index >= 15 is 0 Å². The van der Waals surface area contributed by atoms with Gasteiger partial charge < -0.3 is 18.9 Å². The average Bonchev–Trinajstić information content (AvgIpc) is 2.59. The number of methoxy groups -OCH3 is 4. The van der Waals surface area contributed by atoms with Crippen LogP contribution in [0.1, 0.15) is 11.1 Å². The summed E-state index contributed by atoms with van der Waals surface area (Å²) in [5.74, 6) is 1.79. The van der Waals surface area contributed by atoms with E-state index in [1.54, 1.807) is 27.4 Å². The van der Waals surface area contributed by atoms with Crippen LogP contribution in [-0.2, 0) is 0 Å². The van der Waals surface area contributed by atoms with Crippen LogP contribution in [0.15, 0.2) is 30.3 Å². The van der Waals surface area contributed by atoms with Gasteiger partial charge >= 0.3 is 0 Å². The fourth-order valence-corrected chi connectivity index (χ4v) is 2.21. The van der Waals surface area contributed by atoms with E-state index in [4.69, 9.17) is 18.9 Å². The number of hydrogen-bond acceptors (Lipinski definition) is 4. The highest BCUT2D eigenvalue weighted by molar-refractivity contribution is 5.74. The van der Waals surface area contributed by atoms with Crippen molar-refractivity contribution < 1.29 is 23.3 Å². The number of rotatable bonds is 6. The van der Waals surface area contributed by atoms with E-state index < -0.39 is 0 Å². The summed E-state index contributed by atoms with van der Waals surface area (Å²) in [6.07, 6.45) is 3.69. The van der Waals surface area contributed by atoms with Gasteiger partial charge in [-0.3, -0.25) is 0 Å². The zero-order valence-electron chi connectivity index (χ0n) is 13.6. The van der Waals surface area contributed by atoms with Crippen molar-refractivity contribution in [2.75, 3.05) is 28.4 Å². The Labute approximate surface area is 135 Å². The van der Waals surface area contributed by atoms with Crippen molar-refractivity contribution >= 4 is 12.2 Å². The normalized spacial score (nSPS) is 10.7. The minimum absolute atomic E-state index is 0.341. The lowest BCUT2D eigenvalue weighted by Gasteiger charge is -2.13. The molecule has 0 aliphatic heterocycles. The first-order chi connectivity index (χ1) is 11.1. The molecule has 0 radical (unpaired) electrons.